The lowest BCUT2D eigenvalue weighted by Crippen LogP contribution is -2.38. The molecule has 1 atom stereocenters. The number of para-hydroxylation sites is 1. The smallest absolute Gasteiger partial charge is 0.189 e. The van der Waals surface area contributed by atoms with Crippen LogP contribution in [0.25, 0.3) is 0 Å². The third-order valence-corrected chi connectivity index (χ3v) is 5.18. The van der Waals surface area contributed by atoms with Gasteiger partial charge in [0.2, 0.25) is 0 Å². The number of halogens is 2. The van der Waals surface area contributed by atoms with Crippen LogP contribution in [-0.2, 0) is 5.41 Å². The maximum absolute atomic E-state index is 14.1. The number of hydrogen-bond acceptors (Lipinski definition) is 2. The second-order valence-corrected chi connectivity index (χ2v) is 6.95. The first-order valence-electron chi connectivity index (χ1n) is 8.82. The minimum atomic E-state index is -0.574. The van der Waals surface area contributed by atoms with Crippen LogP contribution in [0, 0.1) is 11.6 Å². The van der Waals surface area contributed by atoms with Crippen molar-refractivity contribution in [2.24, 2.45) is 10.7 Å². The molecule has 26 heavy (non-hydrogen) atoms. The van der Waals surface area contributed by atoms with E-state index in [2.05, 4.69) is 10.3 Å². The van der Waals surface area contributed by atoms with Gasteiger partial charge in [-0.2, -0.15) is 0 Å². The van der Waals surface area contributed by atoms with Crippen molar-refractivity contribution in [1.82, 2.24) is 5.32 Å². The van der Waals surface area contributed by atoms with Gasteiger partial charge in [-0.3, -0.25) is 4.99 Å². The Morgan fingerprint density at radius 1 is 1.15 bits per heavy atom. The van der Waals surface area contributed by atoms with E-state index in [1.54, 1.807) is 0 Å². The van der Waals surface area contributed by atoms with Crippen LogP contribution in [0.3, 0.4) is 0 Å². The number of benzene rings is 2. The van der Waals surface area contributed by atoms with Gasteiger partial charge in [-0.1, -0.05) is 24.3 Å². The quantitative estimate of drug-likeness (QED) is 0.651. The number of ether oxygens (including phenoxy) is 1. The molecule has 1 aliphatic carbocycles. The average molecular weight is 357 g/mol. The molecule has 0 spiro atoms. The molecule has 0 radical (unpaired) electrons. The molecule has 0 aromatic heterocycles. The van der Waals surface area contributed by atoms with Crippen molar-refractivity contribution in [3.63, 3.8) is 0 Å². The Morgan fingerprint density at radius 3 is 2.62 bits per heavy atom. The molecule has 2 aliphatic rings. The Labute approximate surface area is 151 Å². The summed E-state index contributed by atoms with van der Waals surface area (Å²) in [6.45, 7) is 0.876. The summed E-state index contributed by atoms with van der Waals surface area (Å²) in [4.78, 5) is 4.39. The SMILES string of the molecule is NC(=NCC1(c2c(F)cccc2F)CC1)NC1CCOc2ccccc21. The van der Waals surface area contributed by atoms with Crippen molar-refractivity contribution >= 4 is 5.96 Å². The summed E-state index contributed by atoms with van der Waals surface area (Å²) in [5.41, 5.74) is 6.66. The van der Waals surface area contributed by atoms with Gasteiger partial charge in [0.25, 0.3) is 0 Å². The summed E-state index contributed by atoms with van der Waals surface area (Å²) in [6, 6.07) is 11.8. The summed E-state index contributed by atoms with van der Waals surface area (Å²) in [7, 11) is 0. The number of rotatable bonds is 4. The standard InChI is InChI=1S/C20H21F2N3O/c21-14-5-3-6-15(22)18(14)20(9-10-20)12-24-19(23)25-16-8-11-26-17-7-2-1-4-13(16)17/h1-7,16H,8-12H2,(H3,23,24,25). The first-order valence-corrected chi connectivity index (χ1v) is 8.82. The maximum Gasteiger partial charge on any atom is 0.189 e. The highest BCUT2D eigenvalue weighted by Gasteiger charge is 2.47. The Balaban J connectivity index is 1.48. The zero-order valence-electron chi connectivity index (χ0n) is 14.3. The number of hydrogen-bond donors (Lipinski definition) is 2. The first kappa shape index (κ1) is 16.8. The number of guanidine groups is 1. The molecule has 4 nitrogen and oxygen atoms in total. The summed E-state index contributed by atoms with van der Waals surface area (Å²) >= 11 is 0. The topological polar surface area (TPSA) is 59.6 Å². The molecule has 0 amide bonds. The Bertz CT molecular complexity index is 828. The van der Waals surface area contributed by atoms with Gasteiger partial charge >= 0.3 is 0 Å². The molecule has 6 heteroatoms. The maximum atomic E-state index is 14.1. The van der Waals surface area contributed by atoms with E-state index in [1.165, 1.54) is 18.2 Å². The van der Waals surface area contributed by atoms with Crippen molar-refractivity contribution in [3.05, 3.63) is 65.2 Å². The molecule has 0 bridgehead atoms. The number of nitrogens with two attached hydrogens (primary N) is 1. The number of fused-ring (bicyclic) bond motifs is 1. The lowest BCUT2D eigenvalue weighted by molar-refractivity contribution is 0.262. The van der Waals surface area contributed by atoms with Crippen molar-refractivity contribution in [1.29, 1.82) is 0 Å². The van der Waals surface area contributed by atoms with Gasteiger partial charge in [-0.15, -0.1) is 0 Å². The largest absolute Gasteiger partial charge is 0.493 e. The molecule has 1 fully saturated rings. The zero-order chi connectivity index (χ0) is 18.1. The normalized spacial score (nSPS) is 20.8. The van der Waals surface area contributed by atoms with E-state index in [9.17, 15) is 8.78 Å². The third kappa shape index (κ3) is 3.11. The van der Waals surface area contributed by atoms with E-state index < -0.39 is 17.0 Å². The van der Waals surface area contributed by atoms with Crippen LogP contribution in [-0.4, -0.2) is 19.1 Å². The molecular weight excluding hydrogens is 336 g/mol. The summed E-state index contributed by atoms with van der Waals surface area (Å²) < 4.78 is 33.8. The molecule has 0 saturated heterocycles. The molecule has 2 aromatic carbocycles. The predicted molar refractivity (Wildman–Crippen MR) is 96.2 cm³/mol. The minimum Gasteiger partial charge on any atom is -0.493 e. The minimum absolute atomic E-state index is 0.0176. The molecule has 3 N–H and O–H groups in total. The lowest BCUT2D eigenvalue weighted by Gasteiger charge is -2.27. The van der Waals surface area contributed by atoms with Crippen molar-refractivity contribution in [2.45, 2.75) is 30.7 Å². The molecular formula is C20H21F2N3O. The molecule has 1 heterocycles. The fourth-order valence-corrected chi connectivity index (χ4v) is 3.60. The van der Waals surface area contributed by atoms with Gasteiger partial charge in [0.05, 0.1) is 19.2 Å². The van der Waals surface area contributed by atoms with Crippen LogP contribution in [0.15, 0.2) is 47.5 Å². The van der Waals surface area contributed by atoms with Gasteiger partial charge in [0.15, 0.2) is 5.96 Å². The highest BCUT2D eigenvalue weighted by molar-refractivity contribution is 5.78. The zero-order valence-corrected chi connectivity index (χ0v) is 14.3. The fraction of sp³-hybridized carbons (Fsp3) is 0.350. The van der Waals surface area contributed by atoms with Gasteiger partial charge in [-0.25, -0.2) is 8.78 Å². The van der Waals surface area contributed by atoms with E-state index in [4.69, 9.17) is 10.5 Å². The lowest BCUT2D eigenvalue weighted by atomic mass is 9.95. The van der Waals surface area contributed by atoms with Gasteiger partial charge < -0.3 is 15.8 Å². The van der Waals surface area contributed by atoms with Crippen LogP contribution in [0.2, 0.25) is 0 Å². The van der Waals surface area contributed by atoms with Crippen LogP contribution in [0.4, 0.5) is 8.78 Å². The fourth-order valence-electron chi connectivity index (χ4n) is 3.60. The highest BCUT2D eigenvalue weighted by atomic mass is 19.1. The number of nitrogens with one attached hydrogen (secondary N) is 1. The van der Waals surface area contributed by atoms with Crippen LogP contribution in [0.5, 0.6) is 5.75 Å². The van der Waals surface area contributed by atoms with Gasteiger partial charge in [-0.05, 0) is 31.0 Å². The second-order valence-electron chi connectivity index (χ2n) is 6.95. The van der Waals surface area contributed by atoms with E-state index in [0.29, 0.717) is 19.4 Å². The van der Waals surface area contributed by atoms with Crippen LogP contribution >= 0.6 is 0 Å². The Hall–Kier alpha value is -2.63. The monoisotopic (exact) mass is 357 g/mol. The van der Waals surface area contributed by atoms with Crippen LogP contribution in [0.1, 0.15) is 36.4 Å². The van der Waals surface area contributed by atoms with Crippen molar-refractivity contribution in [3.8, 4) is 5.75 Å². The molecule has 4 rings (SSSR count). The summed E-state index contributed by atoms with van der Waals surface area (Å²) in [5.74, 6) is 0.107. The Kier molecular flexibility index (Phi) is 4.26. The third-order valence-electron chi connectivity index (χ3n) is 5.18. The van der Waals surface area contributed by atoms with Crippen LogP contribution < -0.4 is 15.8 Å². The predicted octanol–water partition coefficient (Wildman–Crippen LogP) is 3.42. The first-order chi connectivity index (χ1) is 12.6. The van der Waals surface area contributed by atoms with E-state index in [0.717, 1.165) is 17.7 Å². The van der Waals surface area contributed by atoms with Gasteiger partial charge in [0, 0.05) is 23.0 Å². The molecule has 1 unspecified atom stereocenters. The molecule has 1 aliphatic heterocycles. The van der Waals surface area contributed by atoms with E-state index in [-0.39, 0.29) is 24.1 Å². The van der Waals surface area contributed by atoms with Crippen molar-refractivity contribution < 1.29 is 13.5 Å². The molecule has 2 aromatic rings. The van der Waals surface area contributed by atoms with E-state index in [1.807, 2.05) is 24.3 Å². The average Bonchev–Trinajstić information content (AvgIpc) is 3.41. The van der Waals surface area contributed by atoms with Gasteiger partial charge in [0.1, 0.15) is 17.4 Å². The second kappa shape index (κ2) is 6.59. The summed E-state index contributed by atoms with van der Waals surface area (Å²) in [5, 5.41) is 3.22. The highest BCUT2D eigenvalue weighted by Crippen LogP contribution is 2.50. The molecule has 136 valence electrons. The number of nitrogens with zero attached hydrogens (tertiary/aromatic N) is 1. The Morgan fingerprint density at radius 2 is 1.88 bits per heavy atom. The molecule has 1 saturated carbocycles. The van der Waals surface area contributed by atoms with E-state index >= 15 is 0 Å². The van der Waals surface area contributed by atoms with Crippen molar-refractivity contribution in [2.75, 3.05) is 13.2 Å². The summed E-state index contributed by atoms with van der Waals surface area (Å²) in [6.07, 6.45) is 2.20. The number of aliphatic imine (C=N–C) groups is 1.